The minimum atomic E-state index is 0.0722. The van der Waals surface area contributed by atoms with Crippen LogP contribution in [0.5, 0.6) is 0 Å². The number of rotatable bonds is 4. The number of hydrogen-bond donors (Lipinski definition) is 1. The first-order valence-corrected chi connectivity index (χ1v) is 6.02. The molecule has 3 heteroatoms. The lowest BCUT2D eigenvalue weighted by atomic mass is 10.1. The summed E-state index contributed by atoms with van der Waals surface area (Å²) in [4.78, 5) is 4.19. The van der Waals surface area contributed by atoms with Gasteiger partial charge in [0.1, 0.15) is 0 Å². The smallest absolute Gasteiger partial charge is 0.0951 e. The monoisotopic (exact) mass is 229 g/mol. The zero-order chi connectivity index (χ0) is 12.3. The van der Waals surface area contributed by atoms with Crippen LogP contribution in [0.1, 0.15) is 36.2 Å². The molecule has 0 aliphatic heterocycles. The molecule has 1 heterocycles. The lowest BCUT2D eigenvalue weighted by molar-refractivity contribution is 0.618. The van der Waals surface area contributed by atoms with Crippen molar-refractivity contribution in [2.24, 2.45) is 5.73 Å². The van der Waals surface area contributed by atoms with E-state index in [0.29, 0.717) is 0 Å². The van der Waals surface area contributed by atoms with E-state index in [0.717, 1.165) is 18.7 Å². The number of aryl methyl sites for hydroxylation is 1. The molecule has 0 aliphatic rings. The average Bonchev–Trinajstić information content (AvgIpc) is 2.79. The summed E-state index contributed by atoms with van der Waals surface area (Å²) in [6.45, 7) is 5.02. The van der Waals surface area contributed by atoms with Gasteiger partial charge in [-0.05, 0) is 18.9 Å². The van der Waals surface area contributed by atoms with Gasteiger partial charge in [0.2, 0.25) is 0 Å². The summed E-state index contributed by atoms with van der Waals surface area (Å²) in [6.07, 6.45) is 4.65. The van der Waals surface area contributed by atoms with E-state index in [4.69, 9.17) is 5.73 Å². The van der Waals surface area contributed by atoms with Gasteiger partial charge in [0, 0.05) is 18.8 Å². The first-order chi connectivity index (χ1) is 8.20. The van der Waals surface area contributed by atoms with E-state index in [9.17, 15) is 0 Å². The molecule has 0 spiro atoms. The van der Waals surface area contributed by atoms with Gasteiger partial charge in [-0.1, -0.05) is 36.8 Å². The molecule has 1 atom stereocenters. The van der Waals surface area contributed by atoms with E-state index in [1.165, 1.54) is 11.1 Å². The quantitative estimate of drug-likeness (QED) is 0.876. The number of nitrogens with two attached hydrogens (primary N) is 1. The van der Waals surface area contributed by atoms with Gasteiger partial charge in [0.25, 0.3) is 0 Å². The number of aromatic nitrogens is 2. The summed E-state index contributed by atoms with van der Waals surface area (Å²) in [7, 11) is 0. The number of imidazole rings is 1. The first kappa shape index (κ1) is 11.9. The van der Waals surface area contributed by atoms with Crippen LogP contribution in [0.4, 0.5) is 0 Å². The average molecular weight is 229 g/mol. The van der Waals surface area contributed by atoms with Gasteiger partial charge < -0.3 is 10.3 Å². The molecule has 2 rings (SSSR count). The van der Waals surface area contributed by atoms with E-state index >= 15 is 0 Å². The van der Waals surface area contributed by atoms with E-state index in [1.54, 1.807) is 0 Å². The van der Waals surface area contributed by atoms with Crippen LogP contribution in [-0.2, 0) is 6.54 Å². The topological polar surface area (TPSA) is 43.8 Å². The molecule has 0 saturated heterocycles. The summed E-state index contributed by atoms with van der Waals surface area (Å²) in [6, 6.07) is 8.63. The summed E-state index contributed by atoms with van der Waals surface area (Å²) in [5.41, 5.74) is 9.72. The SMILES string of the molecule is CC[C@@H](N)c1cncn1Cc1ccc(C)cc1. The Balaban J connectivity index is 2.18. The van der Waals surface area contributed by atoms with Crippen molar-refractivity contribution >= 4 is 0 Å². The zero-order valence-corrected chi connectivity index (χ0v) is 10.4. The van der Waals surface area contributed by atoms with Crippen molar-refractivity contribution in [3.05, 3.63) is 53.6 Å². The molecule has 0 fully saturated rings. The highest BCUT2D eigenvalue weighted by Crippen LogP contribution is 2.15. The highest BCUT2D eigenvalue weighted by Gasteiger charge is 2.09. The predicted octanol–water partition coefficient (Wildman–Crippen LogP) is 2.65. The molecule has 1 aromatic heterocycles. The van der Waals surface area contributed by atoms with Gasteiger partial charge in [0.05, 0.1) is 12.0 Å². The normalized spacial score (nSPS) is 12.6. The van der Waals surface area contributed by atoms with Gasteiger partial charge in [0.15, 0.2) is 0 Å². The molecule has 0 radical (unpaired) electrons. The van der Waals surface area contributed by atoms with Crippen molar-refractivity contribution in [2.75, 3.05) is 0 Å². The Hall–Kier alpha value is -1.61. The molecule has 1 aromatic carbocycles. The highest BCUT2D eigenvalue weighted by atomic mass is 15.1. The van der Waals surface area contributed by atoms with Crippen LogP contribution in [0.3, 0.4) is 0 Å². The second kappa shape index (κ2) is 5.15. The number of benzene rings is 1. The molecule has 0 bridgehead atoms. The van der Waals surface area contributed by atoms with Crippen LogP contribution in [0, 0.1) is 6.92 Å². The van der Waals surface area contributed by atoms with E-state index < -0.39 is 0 Å². The standard InChI is InChI=1S/C14H19N3/c1-3-13(15)14-8-16-10-17(14)9-12-6-4-11(2)5-7-12/h4-8,10,13H,3,9,15H2,1-2H3/t13-/m1/s1. The third-order valence-corrected chi connectivity index (χ3v) is 3.04. The number of nitrogens with zero attached hydrogens (tertiary/aromatic N) is 2. The van der Waals surface area contributed by atoms with Crippen LogP contribution in [0.25, 0.3) is 0 Å². The fourth-order valence-corrected chi connectivity index (χ4v) is 1.87. The lowest BCUT2D eigenvalue weighted by Gasteiger charge is -2.13. The maximum atomic E-state index is 6.06. The Morgan fingerprint density at radius 1 is 1.29 bits per heavy atom. The fraction of sp³-hybridized carbons (Fsp3) is 0.357. The Bertz CT molecular complexity index is 470. The summed E-state index contributed by atoms with van der Waals surface area (Å²) in [5, 5.41) is 0. The van der Waals surface area contributed by atoms with Crippen LogP contribution in [-0.4, -0.2) is 9.55 Å². The largest absolute Gasteiger partial charge is 0.329 e. The Morgan fingerprint density at radius 3 is 2.65 bits per heavy atom. The maximum absolute atomic E-state index is 6.06. The number of hydrogen-bond acceptors (Lipinski definition) is 2. The molecule has 17 heavy (non-hydrogen) atoms. The van der Waals surface area contributed by atoms with Crippen molar-refractivity contribution in [1.82, 2.24) is 9.55 Å². The van der Waals surface area contributed by atoms with Gasteiger partial charge in [-0.3, -0.25) is 0 Å². The zero-order valence-electron chi connectivity index (χ0n) is 10.4. The molecule has 2 N–H and O–H groups in total. The van der Waals surface area contributed by atoms with Crippen molar-refractivity contribution in [2.45, 2.75) is 32.9 Å². The van der Waals surface area contributed by atoms with E-state index in [1.807, 2.05) is 12.5 Å². The molecular formula is C14H19N3. The van der Waals surface area contributed by atoms with Crippen molar-refractivity contribution < 1.29 is 0 Å². The highest BCUT2D eigenvalue weighted by molar-refractivity contribution is 5.22. The minimum Gasteiger partial charge on any atom is -0.329 e. The maximum Gasteiger partial charge on any atom is 0.0951 e. The van der Waals surface area contributed by atoms with Gasteiger partial charge >= 0.3 is 0 Å². The van der Waals surface area contributed by atoms with Gasteiger partial charge in [-0.25, -0.2) is 4.98 Å². The second-order valence-corrected chi connectivity index (χ2v) is 4.45. The Kier molecular flexibility index (Phi) is 3.59. The van der Waals surface area contributed by atoms with E-state index in [-0.39, 0.29) is 6.04 Å². The fourth-order valence-electron chi connectivity index (χ4n) is 1.87. The molecule has 90 valence electrons. The third kappa shape index (κ3) is 2.74. The van der Waals surface area contributed by atoms with Crippen LogP contribution in [0.2, 0.25) is 0 Å². The Labute approximate surface area is 102 Å². The summed E-state index contributed by atoms with van der Waals surface area (Å²) in [5.74, 6) is 0. The molecule has 0 amide bonds. The van der Waals surface area contributed by atoms with Crippen molar-refractivity contribution in [1.29, 1.82) is 0 Å². The van der Waals surface area contributed by atoms with E-state index in [2.05, 4.69) is 47.7 Å². The van der Waals surface area contributed by atoms with Crippen molar-refractivity contribution in [3.8, 4) is 0 Å². The molecule has 0 saturated carbocycles. The lowest BCUT2D eigenvalue weighted by Crippen LogP contribution is -2.14. The Morgan fingerprint density at radius 2 is 2.00 bits per heavy atom. The van der Waals surface area contributed by atoms with Crippen molar-refractivity contribution in [3.63, 3.8) is 0 Å². The minimum absolute atomic E-state index is 0.0722. The molecule has 3 nitrogen and oxygen atoms in total. The summed E-state index contributed by atoms with van der Waals surface area (Å²) >= 11 is 0. The second-order valence-electron chi connectivity index (χ2n) is 4.45. The molecule has 0 aliphatic carbocycles. The first-order valence-electron chi connectivity index (χ1n) is 6.02. The predicted molar refractivity (Wildman–Crippen MR) is 69.7 cm³/mol. The third-order valence-electron chi connectivity index (χ3n) is 3.04. The van der Waals surface area contributed by atoms with Crippen LogP contribution in [0.15, 0.2) is 36.8 Å². The van der Waals surface area contributed by atoms with Crippen LogP contribution >= 0.6 is 0 Å². The molecular weight excluding hydrogens is 210 g/mol. The molecule has 0 unspecified atom stereocenters. The van der Waals surface area contributed by atoms with Gasteiger partial charge in [-0.2, -0.15) is 0 Å². The van der Waals surface area contributed by atoms with Crippen LogP contribution < -0.4 is 5.73 Å². The molecule has 2 aromatic rings. The summed E-state index contributed by atoms with van der Waals surface area (Å²) < 4.78 is 2.12. The van der Waals surface area contributed by atoms with Gasteiger partial charge in [-0.15, -0.1) is 0 Å².